The fourth-order valence-electron chi connectivity index (χ4n) is 4.48. The van der Waals surface area contributed by atoms with Gasteiger partial charge < -0.3 is 19.5 Å². The number of hydrogen-bond acceptors (Lipinski definition) is 5. The van der Waals surface area contributed by atoms with Crippen LogP contribution in [-0.2, 0) is 16.0 Å². The van der Waals surface area contributed by atoms with Crippen LogP contribution in [0.1, 0.15) is 50.4 Å². The van der Waals surface area contributed by atoms with E-state index in [0.717, 1.165) is 5.56 Å². The Hall–Kier alpha value is -4.13. The number of ketones is 1. The van der Waals surface area contributed by atoms with Crippen molar-refractivity contribution in [1.29, 1.82) is 0 Å². The highest BCUT2D eigenvalue weighted by Gasteiger charge is 2.45. The summed E-state index contributed by atoms with van der Waals surface area (Å²) in [7, 11) is 0. The van der Waals surface area contributed by atoms with Crippen LogP contribution in [0.5, 0.6) is 11.5 Å². The van der Waals surface area contributed by atoms with Crippen molar-refractivity contribution in [2.24, 2.45) is 0 Å². The average molecular weight is 518 g/mol. The summed E-state index contributed by atoms with van der Waals surface area (Å²) >= 11 is 0. The highest BCUT2D eigenvalue weighted by Crippen LogP contribution is 2.40. The Morgan fingerprint density at radius 1 is 0.842 bits per heavy atom. The summed E-state index contributed by atoms with van der Waals surface area (Å²) in [6.07, 6.45) is 0.396. The lowest BCUT2D eigenvalue weighted by atomic mass is 9.95. The number of aliphatic hydroxyl groups excluding tert-OH is 1. The Bertz CT molecular complexity index is 1310. The Morgan fingerprint density at radius 3 is 1.89 bits per heavy atom. The molecule has 1 amide bonds. The van der Waals surface area contributed by atoms with Crippen molar-refractivity contribution in [3.8, 4) is 11.5 Å². The van der Waals surface area contributed by atoms with Crippen molar-refractivity contribution in [3.63, 3.8) is 0 Å². The molecule has 1 saturated heterocycles. The third-order valence-electron chi connectivity index (χ3n) is 6.16. The molecule has 1 aliphatic heterocycles. The molecule has 0 spiro atoms. The summed E-state index contributed by atoms with van der Waals surface area (Å²) in [6, 6.07) is 19.2. The summed E-state index contributed by atoms with van der Waals surface area (Å²) in [4.78, 5) is 28.0. The van der Waals surface area contributed by atoms with E-state index in [1.807, 2.05) is 27.7 Å². The molecule has 1 N–H and O–H groups in total. The summed E-state index contributed by atoms with van der Waals surface area (Å²) in [5.41, 5.74) is 1.92. The van der Waals surface area contributed by atoms with E-state index in [0.29, 0.717) is 29.0 Å². The quantitative estimate of drug-likeness (QED) is 0.212. The molecule has 1 heterocycles. The predicted molar refractivity (Wildman–Crippen MR) is 144 cm³/mol. The number of likely N-dealkylation sites (tertiary alicyclic amines) is 1. The van der Waals surface area contributed by atoms with E-state index in [1.54, 1.807) is 60.7 Å². The zero-order valence-corrected chi connectivity index (χ0v) is 22.0. The van der Waals surface area contributed by atoms with Gasteiger partial charge in [-0.1, -0.05) is 24.3 Å². The van der Waals surface area contributed by atoms with Gasteiger partial charge in [0.15, 0.2) is 0 Å². The molecular formula is C31H32FNO5. The summed E-state index contributed by atoms with van der Waals surface area (Å²) in [5, 5.41) is 11.3. The highest BCUT2D eigenvalue weighted by atomic mass is 19.1. The van der Waals surface area contributed by atoms with Crippen molar-refractivity contribution in [3.05, 3.63) is 101 Å². The zero-order chi connectivity index (χ0) is 27.4. The molecule has 3 aromatic rings. The fourth-order valence-corrected chi connectivity index (χ4v) is 4.48. The van der Waals surface area contributed by atoms with Crippen molar-refractivity contribution < 1.29 is 28.6 Å². The number of nitrogens with zero attached hydrogens (tertiary/aromatic N) is 1. The van der Waals surface area contributed by atoms with E-state index in [2.05, 4.69) is 0 Å². The zero-order valence-electron chi connectivity index (χ0n) is 22.0. The number of carbonyl (C=O) groups excluding carboxylic acids is 2. The maximum atomic E-state index is 13.4. The minimum Gasteiger partial charge on any atom is -0.507 e. The van der Waals surface area contributed by atoms with Gasteiger partial charge in [-0.15, -0.1) is 0 Å². The Balaban J connectivity index is 1.72. The van der Waals surface area contributed by atoms with Crippen LogP contribution in [0, 0.1) is 5.82 Å². The van der Waals surface area contributed by atoms with Gasteiger partial charge in [0, 0.05) is 12.1 Å². The summed E-state index contributed by atoms with van der Waals surface area (Å²) in [6.45, 7) is 7.89. The molecule has 3 aromatic carbocycles. The molecule has 0 radical (unpaired) electrons. The second kappa shape index (κ2) is 11.5. The molecule has 0 bridgehead atoms. The standard InChI is InChI=1S/C31H32FNO5/c1-19(2)37-25-13-7-22(8-14-25)28-27(29(34)23-9-15-26(16-10-23)38-20(3)4)30(35)31(36)33(28)18-17-21-5-11-24(32)12-6-21/h5-16,19-20,28,34H,17-18H2,1-4H3/b29-27+. The van der Waals surface area contributed by atoms with Crippen molar-refractivity contribution in [1.82, 2.24) is 4.90 Å². The number of ether oxygens (including phenoxy) is 2. The highest BCUT2D eigenvalue weighted by molar-refractivity contribution is 6.46. The van der Waals surface area contributed by atoms with Crippen LogP contribution >= 0.6 is 0 Å². The monoisotopic (exact) mass is 517 g/mol. The van der Waals surface area contributed by atoms with E-state index in [4.69, 9.17) is 9.47 Å². The molecule has 0 aromatic heterocycles. The lowest BCUT2D eigenvalue weighted by Crippen LogP contribution is -2.31. The molecule has 1 atom stereocenters. The van der Waals surface area contributed by atoms with Crippen LogP contribution in [-0.4, -0.2) is 40.4 Å². The van der Waals surface area contributed by atoms with E-state index in [-0.39, 0.29) is 35.9 Å². The first-order valence-corrected chi connectivity index (χ1v) is 12.7. The second-order valence-corrected chi connectivity index (χ2v) is 9.80. The van der Waals surface area contributed by atoms with Crippen LogP contribution < -0.4 is 9.47 Å². The topological polar surface area (TPSA) is 76.1 Å². The predicted octanol–water partition coefficient (Wildman–Crippen LogP) is 6.06. The number of Topliss-reactive ketones (excluding diaryl/α,β-unsaturated/α-hetero) is 1. The van der Waals surface area contributed by atoms with Gasteiger partial charge in [0.2, 0.25) is 0 Å². The number of aliphatic hydroxyl groups is 1. The molecule has 0 aliphatic carbocycles. The van der Waals surface area contributed by atoms with Gasteiger partial charge in [-0.2, -0.15) is 0 Å². The minimum absolute atomic E-state index is 0.00941. The van der Waals surface area contributed by atoms with Gasteiger partial charge in [0.05, 0.1) is 23.8 Å². The van der Waals surface area contributed by atoms with Crippen LogP contribution in [0.3, 0.4) is 0 Å². The normalized spacial score (nSPS) is 16.9. The third-order valence-corrected chi connectivity index (χ3v) is 6.16. The van der Waals surface area contributed by atoms with Gasteiger partial charge in [-0.3, -0.25) is 9.59 Å². The van der Waals surface area contributed by atoms with Gasteiger partial charge >= 0.3 is 0 Å². The molecule has 7 heteroatoms. The number of hydrogen-bond donors (Lipinski definition) is 1. The molecule has 1 fully saturated rings. The first-order chi connectivity index (χ1) is 18.1. The van der Waals surface area contributed by atoms with Gasteiger partial charge in [0.1, 0.15) is 23.1 Å². The average Bonchev–Trinajstić information content (AvgIpc) is 3.13. The van der Waals surface area contributed by atoms with Crippen LogP contribution in [0.15, 0.2) is 78.4 Å². The van der Waals surface area contributed by atoms with E-state index in [1.165, 1.54) is 17.0 Å². The second-order valence-electron chi connectivity index (χ2n) is 9.80. The van der Waals surface area contributed by atoms with Crippen molar-refractivity contribution >= 4 is 17.4 Å². The molecule has 4 rings (SSSR count). The van der Waals surface area contributed by atoms with E-state index >= 15 is 0 Å². The van der Waals surface area contributed by atoms with E-state index in [9.17, 15) is 19.1 Å². The maximum absolute atomic E-state index is 13.4. The smallest absolute Gasteiger partial charge is 0.295 e. The number of rotatable bonds is 9. The van der Waals surface area contributed by atoms with E-state index < -0.39 is 17.7 Å². The Labute approximate surface area is 222 Å². The summed E-state index contributed by atoms with van der Waals surface area (Å²) < 4.78 is 24.8. The summed E-state index contributed by atoms with van der Waals surface area (Å²) in [5.74, 6) is -0.752. The SMILES string of the molecule is CC(C)Oc1ccc(/C(O)=C2\C(=O)C(=O)N(CCc3ccc(F)cc3)C2c2ccc(OC(C)C)cc2)cc1. The largest absolute Gasteiger partial charge is 0.507 e. The third kappa shape index (κ3) is 6.05. The van der Waals surface area contributed by atoms with Crippen LogP contribution in [0.25, 0.3) is 5.76 Å². The minimum atomic E-state index is -0.796. The van der Waals surface area contributed by atoms with Crippen molar-refractivity contribution in [2.75, 3.05) is 6.54 Å². The lowest BCUT2D eigenvalue weighted by Gasteiger charge is -2.25. The first kappa shape index (κ1) is 26.9. The van der Waals surface area contributed by atoms with Crippen LogP contribution in [0.2, 0.25) is 0 Å². The fraction of sp³-hybridized carbons (Fsp3) is 0.290. The molecule has 6 nitrogen and oxygen atoms in total. The molecule has 38 heavy (non-hydrogen) atoms. The molecule has 1 aliphatic rings. The van der Waals surface area contributed by atoms with Gasteiger partial charge in [-0.05, 0) is 93.8 Å². The number of carbonyl (C=O) groups is 2. The van der Waals surface area contributed by atoms with Crippen molar-refractivity contribution in [2.45, 2.75) is 52.4 Å². The van der Waals surface area contributed by atoms with Gasteiger partial charge in [-0.25, -0.2) is 4.39 Å². The molecule has 1 unspecified atom stereocenters. The Morgan fingerprint density at radius 2 is 1.37 bits per heavy atom. The molecule has 0 saturated carbocycles. The van der Waals surface area contributed by atoms with Crippen LogP contribution in [0.4, 0.5) is 4.39 Å². The number of halogens is 1. The molecule has 198 valence electrons. The first-order valence-electron chi connectivity index (χ1n) is 12.7. The Kier molecular flexibility index (Phi) is 8.15. The molecular weight excluding hydrogens is 485 g/mol. The number of benzene rings is 3. The maximum Gasteiger partial charge on any atom is 0.295 e. The number of amides is 1. The van der Waals surface area contributed by atoms with Gasteiger partial charge in [0.25, 0.3) is 11.7 Å². The lowest BCUT2D eigenvalue weighted by molar-refractivity contribution is -0.139.